The van der Waals surface area contributed by atoms with Crippen molar-refractivity contribution in [2.75, 3.05) is 5.32 Å². The molecule has 2 N–H and O–H groups in total. The Morgan fingerprint density at radius 1 is 1.55 bits per heavy atom. The van der Waals surface area contributed by atoms with Crippen LogP contribution in [0, 0.1) is 21.4 Å². The van der Waals surface area contributed by atoms with Gasteiger partial charge in [0.05, 0.1) is 16.6 Å². The maximum Gasteiger partial charge on any atom is 0.303 e. The first-order valence-corrected chi connectivity index (χ1v) is 5.94. The Hall–Kier alpha value is -2.62. The molecular formula is C13H15N3O4. The highest BCUT2D eigenvalue weighted by molar-refractivity contribution is 5.67. The van der Waals surface area contributed by atoms with E-state index in [2.05, 4.69) is 5.32 Å². The molecule has 7 nitrogen and oxygen atoms in total. The number of anilines is 1. The van der Waals surface area contributed by atoms with Crippen molar-refractivity contribution < 1.29 is 14.8 Å². The maximum atomic E-state index is 11.0. The molecule has 1 aromatic carbocycles. The zero-order valence-electron chi connectivity index (χ0n) is 11.2. The van der Waals surface area contributed by atoms with Crippen LogP contribution >= 0.6 is 0 Å². The largest absolute Gasteiger partial charge is 0.481 e. The van der Waals surface area contributed by atoms with Crippen LogP contribution in [0.1, 0.15) is 32.3 Å². The molecule has 0 saturated heterocycles. The monoisotopic (exact) mass is 277 g/mol. The van der Waals surface area contributed by atoms with Gasteiger partial charge >= 0.3 is 5.97 Å². The molecule has 0 atom stereocenters. The highest BCUT2D eigenvalue weighted by Gasteiger charge is 2.23. The van der Waals surface area contributed by atoms with Crippen LogP contribution in [0.3, 0.4) is 0 Å². The molecule has 1 rings (SSSR count). The fourth-order valence-electron chi connectivity index (χ4n) is 1.70. The molecule has 0 aliphatic carbocycles. The molecule has 0 unspecified atom stereocenters. The highest BCUT2D eigenvalue weighted by atomic mass is 16.6. The van der Waals surface area contributed by atoms with Crippen LogP contribution in [0.2, 0.25) is 0 Å². The zero-order chi connectivity index (χ0) is 15.3. The number of carboxylic acids is 1. The summed E-state index contributed by atoms with van der Waals surface area (Å²) in [5, 5.41) is 31.4. The average molecular weight is 277 g/mol. The number of nitro groups is 1. The molecule has 7 heteroatoms. The number of aliphatic carboxylic acids is 1. The van der Waals surface area contributed by atoms with Crippen molar-refractivity contribution in [1.29, 1.82) is 5.26 Å². The summed E-state index contributed by atoms with van der Waals surface area (Å²) in [4.78, 5) is 21.0. The number of nitro benzene ring substituents is 1. The lowest BCUT2D eigenvalue weighted by atomic mass is 9.97. The second-order valence-electron chi connectivity index (χ2n) is 5.00. The molecule has 20 heavy (non-hydrogen) atoms. The predicted molar refractivity (Wildman–Crippen MR) is 72.4 cm³/mol. The van der Waals surface area contributed by atoms with Crippen LogP contribution in [-0.2, 0) is 4.79 Å². The number of hydrogen-bond donors (Lipinski definition) is 2. The number of carboxylic acid groups (broad SMARTS) is 1. The van der Waals surface area contributed by atoms with Gasteiger partial charge in [0.1, 0.15) is 5.69 Å². The van der Waals surface area contributed by atoms with E-state index in [1.807, 2.05) is 6.07 Å². The molecule has 0 spiro atoms. The number of nitrogens with one attached hydrogen (secondary N) is 1. The van der Waals surface area contributed by atoms with Crippen molar-refractivity contribution in [3.8, 4) is 6.07 Å². The molecule has 0 aliphatic rings. The van der Waals surface area contributed by atoms with Gasteiger partial charge in [0, 0.05) is 18.0 Å². The second kappa shape index (κ2) is 6.02. The van der Waals surface area contributed by atoms with Gasteiger partial charge in [-0.25, -0.2) is 0 Å². The highest BCUT2D eigenvalue weighted by Crippen LogP contribution is 2.29. The minimum atomic E-state index is -0.922. The molecule has 106 valence electrons. The average Bonchev–Trinajstić information content (AvgIpc) is 2.36. The minimum Gasteiger partial charge on any atom is -0.481 e. The van der Waals surface area contributed by atoms with E-state index in [4.69, 9.17) is 10.4 Å². The first-order valence-electron chi connectivity index (χ1n) is 5.94. The van der Waals surface area contributed by atoms with Crippen LogP contribution < -0.4 is 5.32 Å². The normalized spacial score (nSPS) is 10.7. The lowest BCUT2D eigenvalue weighted by Gasteiger charge is -2.26. The molecule has 0 heterocycles. The molecule has 0 fully saturated rings. The van der Waals surface area contributed by atoms with E-state index in [-0.39, 0.29) is 23.4 Å². The van der Waals surface area contributed by atoms with Crippen LogP contribution in [0.5, 0.6) is 0 Å². The van der Waals surface area contributed by atoms with E-state index >= 15 is 0 Å². The summed E-state index contributed by atoms with van der Waals surface area (Å²) in [6, 6.07) is 5.96. The van der Waals surface area contributed by atoms with Crippen molar-refractivity contribution in [2.45, 2.75) is 32.2 Å². The topological polar surface area (TPSA) is 116 Å². The van der Waals surface area contributed by atoms with Gasteiger partial charge in [-0.3, -0.25) is 14.9 Å². The van der Waals surface area contributed by atoms with E-state index in [1.54, 1.807) is 13.8 Å². The Morgan fingerprint density at radius 2 is 2.20 bits per heavy atom. The summed E-state index contributed by atoms with van der Waals surface area (Å²) in [5.74, 6) is -0.922. The van der Waals surface area contributed by atoms with Crippen LogP contribution in [0.15, 0.2) is 18.2 Å². The van der Waals surface area contributed by atoms with Crippen molar-refractivity contribution in [3.63, 3.8) is 0 Å². The van der Waals surface area contributed by atoms with Gasteiger partial charge in [0.2, 0.25) is 0 Å². The fourth-order valence-corrected chi connectivity index (χ4v) is 1.70. The van der Waals surface area contributed by atoms with Gasteiger partial charge in [-0.15, -0.1) is 0 Å². The van der Waals surface area contributed by atoms with Gasteiger partial charge in [-0.2, -0.15) is 5.26 Å². The minimum absolute atomic E-state index is 0.0376. The molecule has 0 bridgehead atoms. The molecular weight excluding hydrogens is 262 g/mol. The van der Waals surface area contributed by atoms with Crippen LogP contribution in [0.25, 0.3) is 0 Å². The Labute approximate surface area is 116 Å². The van der Waals surface area contributed by atoms with Gasteiger partial charge in [-0.05, 0) is 32.4 Å². The second-order valence-corrected chi connectivity index (χ2v) is 5.00. The third-order valence-electron chi connectivity index (χ3n) is 2.76. The van der Waals surface area contributed by atoms with Crippen molar-refractivity contribution in [2.24, 2.45) is 0 Å². The van der Waals surface area contributed by atoms with Gasteiger partial charge < -0.3 is 10.4 Å². The Kier molecular flexibility index (Phi) is 4.64. The molecule has 1 aromatic rings. The van der Waals surface area contributed by atoms with E-state index < -0.39 is 16.4 Å². The van der Waals surface area contributed by atoms with E-state index in [1.165, 1.54) is 18.2 Å². The first-order chi connectivity index (χ1) is 9.25. The molecule has 0 aliphatic heterocycles. The van der Waals surface area contributed by atoms with Crippen molar-refractivity contribution >= 4 is 17.3 Å². The molecule has 0 aromatic heterocycles. The number of nitriles is 1. The predicted octanol–water partition coefficient (Wildman–Crippen LogP) is 2.52. The number of benzene rings is 1. The molecule has 0 saturated carbocycles. The summed E-state index contributed by atoms with van der Waals surface area (Å²) in [7, 11) is 0. The van der Waals surface area contributed by atoms with Gasteiger partial charge in [0.25, 0.3) is 5.69 Å². The number of carbonyl (C=O) groups is 1. The van der Waals surface area contributed by atoms with Gasteiger partial charge in [0.15, 0.2) is 0 Å². The summed E-state index contributed by atoms with van der Waals surface area (Å²) < 4.78 is 0. The molecule has 0 amide bonds. The number of rotatable bonds is 6. The molecule has 0 radical (unpaired) electrons. The van der Waals surface area contributed by atoms with Gasteiger partial charge in [-0.1, -0.05) is 0 Å². The summed E-state index contributed by atoms with van der Waals surface area (Å²) >= 11 is 0. The number of nitrogens with zero attached hydrogens (tertiary/aromatic N) is 2. The van der Waals surface area contributed by atoms with Crippen molar-refractivity contribution in [3.05, 3.63) is 33.9 Å². The Morgan fingerprint density at radius 3 is 2.70 bits per heavy atom. The third-order valence-corrected chi connectivity index (χ3v) is 2.76. The smallest absolute Gasteiger partial charge is 0.303 e. The Bertz CT molecular complexity index is 575. The lowest BCUT2D eigenvalue weighted by Crippen LogP contribution is -2.31. The first kappa shape index (κ1) is 15.4. The maximum absolute atomic E-state index is 11.0. The summed E-state index contributed by atoms with van der Waals surface area (Å²) in [6.45, 7) is 3.52. The lowest BCUT2D eigenvalue weighted by molar-refractivity contribution is -0.384. The van der Waals surface area contributed by atoms with E-state index in [0.29, 0.717) is 6.42 Å². The van der Waals surface area contributed by atoms with Crippen molar-refractivity contribution in [1.82, 2.24) is 0 Å². The number of hydrogen-bond acceptors (Lipinski definition) is 5. The quantitative estimate of drug-likeness (QED) is 0.609. The van der Waals surface area contributed by atoms with Crippen LogP contribution in [0.4, 0.5) is 11.4 Å². The fraction of sp³-hybridized carbons (Fsp3) is 0.385. The third kappa shape index (κ3) is 4.24. The zero-order valence-corrected chi connectivity index (χ0v) is 11.2. The standard InChI is InChI=1S/C13H15N3O4/c1-13(2,6-5-12(17)18)15-10-4-3-9(8-14)7-11(10)16(19)20/h3-4,7,15H,5-6H2,1-2H3,(H,17,18). The Balaban J connectivity index is 2.99. The summed E-state index contributed by atoms with van der Waals surface area (Å²) in [5.41, 5.74) is -0.348. The van der Waals surface area contributed by atoms with Crippen LogP contribution in [-0.4, -0.2) is 21.5 Å². The summed E-state index contributed by atoms with van der Waals surface area (Å²) in [6.07, 6.45) is 0.281. The van der Waals surface area contributed by atoms with E-state index in [9.17, 15) is 14.9 Å². The SMILES string of the molecule is CC(C)(CCC(=O)O)Nc1ccc(C#N)cc1[N+](=O)[O-]. The van der Waals surface area contributed by atoms with E-state index in [0.717, 1.165) is 0 Å².